The maximum atomic E-state index is 12.4. The van der Waals surface area contributed by atoms with Gasteiger partial charge in [-0.15, -0.1) is 0 Å². The predicted octanol–water partition coefficient (Wildman–Crippen LogP) is 4.87. The van der Waals surface area contributed by atoms with Gasteiger partial charge in [-0.25, -0.2) is 4.79 Å². The van der Waals surface area contributed by atoms with Crippen molar-refractivity contribution in [3.8, 4) is 23.0 Å². The molecule has 7 nitrogen and oxygen atoms in total. The summed E-state index contributed by atoms with van der Waals surface area (Å²) in [5.74, 6) is 6.28. The summed E-state index contributed by atoms with van der Waals surface area (Å²) < 4.78 is 0. The molecule has 0 bridgehead atoms. The SMILES string of the molecule is CC(=O)Nc1ccc(C#Cc2cc(NC(=O)NCCc3cccnc3)ccc2-c2ccncc2)cc1. The number of urea groups is 1. The summed E-state index contributed by atoms with van der Waals surface area (Å²) in [6, 6.07) is 20.4. The molecule has 2 heterocycles. The summed E-state index contributed by atoms with van der Waals surface area (Å²) in [5, 5.41) is 8.50. The zero-order chi connectivity index (χ0) is 25.2. The molecule has 0 aliphatic heterocycles. The molecule has 3 N–H and O–H groups in total. The van der Waals surface area contributed by atoms with Crippen molar-refractivity contribution in [3.63, 3.8) is 0 Å². The molecule has 4 rings (SSSR count). The highest BCUT2D eigenvalue weighted by Crippen LogP contribution is 2.26. The van der Waals surface area contributed by atoms with Crippen LogP contribution in [0.25, 0.3) is 11.1 Å². The number of hydrogen-bond donors (Lipinski definition) is 3. The Morgan fingerprint density at radius 3 is 2.33 bits per heavy atom. The number of hydrogen-bond acceptors (Lipinski definition) is 4. The minimum absolute atomic E-state index is 0.124. The lowest BCUT2D eigenvalue weighted by Gasteiger charge is -2.11. The van der Waals surface area contributed by atoms with Crippen molar-refractivity contribution in [3.05, 3.63) is 108 Å². The molecule has 36 heavy (non-hydrogen) atoms. The molecular formula is C29H25N5O2. The van der Waals surface area contributed by atoms with Crippen molar-refractivity contribution in [2.75, 3.05) is 17.2 Å². The maximum absolute atomic E-state index is 12.4. The largest absolute Gasteiger partial charge is 0.338 e. The Balaban J connectivity index is 1.51. The molecule has 0 atom stereocenters. The Labute approximate surface area is 210 Å². The van der Waals surface area contributed by atoms with Crippen LogP contribution in [0.3, 0.4) is 0 Å². The van der Waals surface area contributed by atoms with Crippen LogP contribution in [-0.2, 0) is 11.2 Å². The van der Waals surface area contributed by atoms with E-state index in [2.05, 4.69) is 37.8 Å². The van der Waals surface area contributed by atoms with E-state index in [0.717, 1.165) is 27.8 Å². The van der Waals surface area contributed by atoms with Crippen LogP contribution in [0.5, 0.6) is 0 Å². The molecule has 4 aromatic rings. The van der Waals surface area contributed by atoms with E-state index in [-0.39, 0.29) is 11.9 Å². The quantitative estimate of drug-likeness (QED) is 0.347. The number of nitrogens with zero attached hydrogens (tertiary/aromatic N) is 2. The molecule has 7 heteroatoms. The fourth-order valence-corrected chi connectivity index (χ4v) is 3.53. The highest BCUT2D eigenvalue weighted by Gasteiger charge is 2.08. The summed E-state index contributed by atoms with van der Waals surface area (Å²) >= 11 is 0. The molecule has 178 valence electrons. The minimum Gasteiger partial charge on any atom is -0.338 e. The van der Waals surface area contributed by atoms with Crippen LogP contribution in [0, 0.1) is 11.8 Å². The molecule has 0 aliphatic rings. The van der Waals surface area contributed by atoms with E-state index >= 15 is 0 Å². The number of carbonyl (C=O) groups excluding carboxylic acids is 2. The van der Waals surface area contributed by atoms with Crippen LogP contribution in [0.4, 0.5) is 16.2 Å². The second kappa shape index (κ2) is 12.0. The van der Waals surface area contributed by atoms with Crippen molar-refractivity contribution in [2.45, 2.75) is 13.3 Å². The van der Waals surface area contributed by atoms with Crippen LogP contribution in [0.2, 0.25) is 0 Å². The lowest BCUT2D eigenvalue weighted by molar-refractivity contribution is -0.114. The van der Waals surface area contributed by atoms with Gasteiger partial charge in [0.15, 0.2) is 0 Å². The van der Waals surface area contributed by atoms with Gasteiger partial charge in [-0.3, -0.25) is 14.8 Å². The van der Waals surface area contributed by atoms with E-state index in [1.807, 2.05) is 66.7 Å². The first-order valence-electron chi connectivity index (χ1n) is 11.4. The van der Waals surface area contributed by atoms with E-state index in [1.165, 1.54) is 6.92 Å². The Morgan fingerprint density at radius 2 is 1.61 bits per heavy atom. The third kappa shape index (κ3) is 7.02. The van der Waals surface area contributed by atoms with E-state index < -0.39 is 0 Å². The molecule has 2 aromatic heterocycles. The average Bonchev–Trinajstić information content (AvgIpc) is 2.89. The molecule has 0 saturated heterocycles. The Hall–Kier alpha value is -4.96. The molecule has 0 saturated carbocycles. The predicted molar refractivity (Wildman–Crippen MR) is 141 cm³/mol. The van der Waals surface area contributed by atoms with Gasteiger partial charge in [0, 0.05) is 60.8 Å². The van der Waals surface area contributed by atoms with Crippen molar-refractivity contribution in [1.29, 1.82) is 0 Å². The number of rotatable bonds is 6. The molecule has 0 spiro atoms. The molecular weight excluding hydrogens is 450 g/mol. The Morgan fingerprint density at radius 1 is 0.833 bits per heavy atom. The van der Waals surface area contributed by atoms with E-state index in [4.69, 9.17) is 0 Å². The monoisotopic (exact) mass is 475 g/mol. The number of benzene rings is 2. The first kappa shape index (κ1) is 24.2. The zero-order valence-corrected chi connectivity index (χ0v) is 19.8. The Kier molecular flexibility index (Phi) is 8.03. The van der Waals surface area contributed by atoms with E-state index in [1.54, 1.807) is 24.8 Å². The van der Waals surface area contributed by atoms with Gasteiger partial charge in [0.05, 0.1) is 0 Å². The summed E-state index contributed by atoms with van der Waals surface area (Å²) in [6.45, 7) is 1.96. The molecule has 0 aliphatic carbocycles. The van der Waals surface area contributed by atoms with Crippen LogP contribution < -0.4 is 16.0 Å². The minimum atomic E-state index is -0.289. The lowest BCUT2D eigenvalue weighted by atomic mass is 10.00. The summed E-state index contributed by atoms with van der Waals surface area (Å²) in [6.07, 6.45) is 7.67. The number of carbonyl (C=O) groups is 2. The van der Waals surface area contributed by atoms with Gasteiger partial charge in [-0.2, -0.15) is 0 Å². The van der Waals surface area contributed by atoms with Gasteiger partial charge >= 0.3 is 6.03 Å². The highest BCUT2D eigenvalue weighted by atomic mass is 16.2. The molecule has 2 aromatic carbocycles. The smallest absolute Gasteiger partial charge is 0.319 e. The van der Waals surface area contributed by atoms with Crippen molar-refractivity contribution >= 4 is 23.3 Å². The fraction of sp³-hybridized carbons (Fsp3) is 0.103. The summed E-state index contributed by atoms with van der Waals surface area (Å²) in [4.78, 5) is 31.9. The number of pyridine rings is 2. The summed E-state index contributed by atoms with van der Waals surface area (Å²) in [7, 11) is 0. The first-order valence-corrected chi connectivity index (χ1v) is 11.4. The summed E-state index contributed by atoms with van der Waals surface area (Å²) in [5.41, 5.74) is 5.88. The maximum Gasteiger partial charge on any atom is 0.319 e. The van der Waals surface area contributed by atoms with Crippen molar-refractivity contribution < 1.29 is 9.59 Å². The molecule has 3 amide bonds. The Bertz CT molecular complexity index is 1390. The van der Waals surface area contributed by atoms with Gasteiger partial charge in [0.1, 0.15) is 0 Å². The van der Waals surface area contributed by atoms with Crippen LogP contribution in [0.1, 0.15) is 23.6 Å². The second-order valence-corrected chi connectivity index (χ2v) is 8.00. The first-order chi connectivity index (χ1) is 17.6. The highest BCUT2D eigenvalue weighted by molar-refractivity contribution is 5.90. The van der Waals surface area contributed by atoms with E-state index in [9.17, 15) is 9.59 Å². The average molecular weight is 476 g/mol. The topological polar surface area (TPSA) is 96.0 Å². The third-order valence-corrected chi connectivity index (χ3v) is 5.24. The molecule has 0 radical (unpaired) electrons. The number of anilines is 2. The number of nitrogens with one attached hydrogen (secondary N) is 3. The fourth-order valence-electron chi connectivity index (χ4n) is 3.53. The molecule has 0 fully saturated rings. The van der Waals surface area contributed by atoms with Crippen LogP contribution >= 0.6 is 0 Å². The van der Waals surface area contributed by atoms with Crippen molar-refractivity contribution in [1.82, 2.24) is 15.3 Å². The van der Waals surface area contributed by atoms with Crippen molar-refractivity contribution in [2.24, 2.45) is 0 Å². The van der Waals surface area contributed by atoms with Gasteiger partial charge < -0.3 is 16.0 Å². The van der Waals surface area contributed by atoms with E-state index in [0.29, 0.717) is 24.3 Å². The third-order valence-electron chi connectivity index (χ3n) is 5.24. The number of aromatic nitrogens is 2. The second-order valence-electron chi connectivity index (χ2n) is 8.00. The molecule has 0 unspecified atom stereocenters. The zero-order valence-electron chi connectivity index (χ0n) is 19.8. The standard InChI is InChI=1S/C29H25N5O2/c1-21(35)33-26-8-5-22(6-9-26)4-7-25-19-27(10-11-28(25)24-13-16-30-17-14-24)34-29(36)32-18-12-23-3-2-15-31-20-23/h2-3,5-6,8-11,13-17,19-20H,12,18H2,1H3,(H,33,35)(H2,32,34,36). The number of amides is 3. The van der Waals surface area contributed by atoms with Gasteiger partial charge in [-0.05, 0) is 77.7 Å². The van der Waals surface area contributed by atoms with Gasteiger partial charge in [-0.1, -0.05) is 24.0 Å². The van der Waals surface area contributed by atoms with Gasteiger partial charge in [0.2, 0.25) is 5.91 Å². The normalized spacial score (nSPS) is 10.0. The van der Waals surface area contributed by atoms with Gasteiger partial charge in [0.25, 0.3) is 0 Å². The van der Waals surface area contributed by atoms with Crippen LogP contribution in [-0.4, -0.2) is 28.5 Å². The van der Waals surface area contributed by atoms with Crippen LogP contribution in [0.15, 0.2) is 91.5 Å². The lowest BCUT2D eigenvalue weighted by Crippen LogP contribution is -2.30.